The Kier molecular flexibility index (Phi) is 7.03. The molecule has 0 aliphatic carbocycles. The van der Waals surface area contributed by atoms with Crippen molar-refractivity contribution in [3.05, 3.63) is 46.5 Å². The van der Waals surface area contributed by atoms with Crippen LogP contribution >= 0.6 is 0 Å². The normalized spacial score (nSPS) is 16.7. The van der Waals surface area contributed by atoms with Gasteiger partial charge in [0.25, 0.3) is 0 Å². The van der Waals surface area contributed by atoms with Crippen molar-refractivity contribution in [1.29, 1.82) is 0 Å². The Morgan fingerprint density at radius 1 is 1.29 bits per heavy atom. The van der Waals surface area contributed by atoms with E-state index in [1.54, 1.807) is 7.11 Å². The number of fused-ring (bicyclic) bond motifs is 1. The minimum atomic E-state index is 0.295. The number of methoxy groups -OCH3 is 1. The summed E-state index contributed by atoms with van der Waals surface area (Å²) in [6.45, 7) is 9.24. The predicted octanol–water partition coefficient (Wildman–Crippen LogP) is 2.15. The molecule has 1 aromatic heterocycles. The Labute approximate surface area is 167 Å². The van der Waals surface area contributed by atoms with Crippen molar-refractivity contribution in [3.8, 4) is 0 Å². The number of nitrogens with zero attached hydrogens (tertiary/aromatic N) is 4. The molecule has 2 N–H and O–H groups in total. The summed E-state index contributed by atoms with van der Waals surface area (Å²) in [6, 6.07) is 6.99. The summed E-state index contributed by atoms with van der Waals surface area (Å²) in [5.74, 6) is 2.67. The lowest BCUT2D eigenvalue weighted by Gasteiger charge is -2.25. The van der Waals surface area contributed by atoms with Gasteiger partial charge in [-0.1, -0.05) is 29.3 Å². The molecule has 28 heavy (non-hydrogen) atoms. The number of benzene rings is 1. The van der Waals surface area contributed by atoms with Crippen LogP contribution in [0.5, 0.6) is 0 Å². The number of hydrogen-bond donors (Lipinski definition) is 2. The average molecular weight is 385 g/mol. The van der Waals surface area contributed by atoms with Crippen LogP contribution in [-0.2, 0) is 30.7 Å². The summed E-state index contributed by atoms with van der Waals surface area (Å²) in [5, 5.41) is 11.5. The van der Waals surface area contributed by atoms with E-state index in [-0.39, 0.29) is 0 Å². The van der Waals surface area contributed by atoms with E-state index in [4.69, 9.17) is 9.73 Å². The molecule has 0 amide bonds. The highest BCUT2D eigenvalue weighted by molar-refractivity contribution is 5.80. The highest BCUT2D eigenvalue weighted by Gasteiger charge is 2.22. The first-order chi connectivity index (χ1) is 13.6. The molecule has 2 heterocycles. The third-order valence-electron chi connectivity index (χ3n) is 4.81. The molecule has 1 aliphatic rings. The lowest BCUT2D eigenvalue weighted by Crippen LogP contribution is -2.47. The molecule has 0 fully saturated rings. The maximum absolute atomic E-state index is 5.14. The van der Waals surface area contributed by atoms with Gasteiger partial charge in [-0.2, -0.15) is 5.10 Å². The van der Waals surface area contributed by atoms with Crippen LogP contribution in [0.1, 0.15) is 41.7 Å². The van der Waals surface area contributed by atoms with Gasteiger partial charge in [0, 0.05) is 32.7 Å². The predicted molar refractivity (Wildman–Crippen MR) is 112 cm³/mol. The summed E-state index contributed by atoms with van der Waals surface area (Å²) in [5.41, 5.74) is 3.96. The second-order valence-corrected chi connectivity index (χ2v) is 7.45. The number of rotatable bonds is 7. The van der Waals surface area contributed by atoms with E-state index in [0.717, 1.165) is 56.5 Å². The Balaban J connectivity index is 1.58. The van der Waals surface area contributed by atoms with Gasteiger partial charge in [0.15, 0.2) is 11.8 Å². The number of aliphatic imine (C=N–C) groups is 1. The van der Waals surface area contributed by atoms with E-state index >= 15 is 0 Å². The van der Waals surface area contributed by atoms with Crippen LogP contribution in [0.2, 0.25) is 0 Å². The van der Waals surface area contributed by atoms with Gasteiger partial charge in [-0.15, -0.1) is 0 Å². The number of hydrogen-bond acceptors (Lipinski definition) is 4. The monoisotopic (exact) mass is 384 g/mol. The third-order valence-corrected chi connectivity index (χ3v) is 4.81. The molecule has 0 bridgehead atoms. The smallest absolute Gasteiger partial charge is 0.191 e. The molecule has 1 aromatic carbocycles. The highest BCUT2D eigenvalue weighted by Crippen LogP contribution is 2.14. The van der Waals surface area contributed by atoms with Crippen LogP contribution < -0.4 is 10.6 Å². The molecule has 3 rings (SSSR count). The van der Waals surface area contributed by atoms with Crippen LogP contribution in [-0.4, -0.2) is 47.0 Å². The summed E-state index contributed by atoms with van der Waals surface area (Å²) in [6.07, 6.45) is 2.88. The first-order valence-corrected chi connectivity index (χ1v) is 10.1. The van der Waals surface area contributed by atoms with Crippen molar-refractivity contribution >= 4 is 5.96 Å². The van der Waals surface area contributed by atoms with E-state index < -0.39 is 0 Å². The zero-order chi connectivity index (χ0) is 19.9. The lowest BCUT2D eigenvalue weighted by molar-refractivity contribution is 0.177. The van der Waals surface area contributed by atoms with Gasteiger partial charge in [0.05, 0.1) is 6.54 Å². The zero-order valence-electron chi connectivity index (χ0n) is 17.5. The first-order valence-electron chi connectivity index (χ1n) is 10.1. The maximum atomic E-state index is 5.14. The highest BCUT2D eigenvalue weighted by atomic mass is 16.5. The SMILES string of the molecule is CCNC(=NCCc1cc(C)cc(C)c1)NC1CCc2nc(COC)nn2C1. The third kappa shape index (κ3) is 5.55. The van der Waals surface area contributed by atoms with E-state index in [9.17, 15) is 0 Å². The molecule has 0 saturated heterocycles. The van der Waals surface area contributed by atoms with Gasteiger partial charge in [-0.05, 0) is 39.2 Å². The van der Waals surface area contributed by atoms with Crippen molar-refractivity contribution in [3.63, 3.8) is 0 Å². The Morgan fingerprint density at radius 2 is 2.07 bits per heavy atom. The number of aromatic nitrogens is 3. The van der Waals surface area contributed by atoms with Crippen molar-refractivity contribution in [1.82, 2.24) is 25.4 Å². The first kappa shape index (κ1) is 20.3. The van der Waals surface area contributed by atoms with Gasteiger partial charge in [-0.25, -0.2) is 9.67 Å². The molecule has 7 nitrogen and oxygen atoms in total. The average Bonchev–Trinajstić information content (AvgIpc) is 3.03. The van der Waals surface area contributed by atoms with Gasteiger partial charge in [-0.3, -0.25) is 4.99 Å². The second kappa shape index (κ2) is 9.68. The van der Waals surface area contributed by atoms with Gasteiger partial charge in [0.1, 0.15) is 12.4 Å². The minimum absolute atomic E-state index is 0.295. The Morgan fingerprint density at radius 3 is 2.79 bits per heavy atom. The molecule has 1 aliphatic heterocycles. The quantitative estimate of drug-likeness (QED) is 0.565. The van der Waals surface area contributed by atoms with Crippen LogP contribution in [0, 0.1) is 13.8 Å². The molecule has 0 spiro atoms. The topological polar surface area (TPSA) is 76.4 Å². The maximum Gasteiger partial charge on any atom is 0.191 e. The zero-order valence-corrected chi connectivity index (χ0v) is 17.5. The molecule has 2 aromatic rings. The molecule has 0 saturated carbocycles. The fourth-order valence-corrected chi connectivity index (χ4v) is 3.69. The lowest BCUT2D eigenvalue weighted by atomic mass is 10.1. The Hall–Kier alpha value is -2.41. The van der Waals surface area contributed by atoms with Crippen LogP contribution in [0.3, 0.4) is 0 Å². The van der Waals surface area contributed by atoms with Crippen molar-refractivity contribution in [2.45, 2.75) is 59.2 Å². The molecule has 1 unspecified atom stereocenters. The van der Waals surface area contributed by atoms with E-state index in [1.807, 2.05) is 4.68 Å². The number of nitrogens with one attached hydrogen (secondary N) is 2. The summed E-state index contributed by atoms with van der Waals surface area (Å²) in [4.78, 5) is 9.32. The molecular weight excluding hydrogens is 352 g/mol. The van der Waals surface area contributed by atoms with Crippen LogP contribution in [0.15, 0.2) is 23.2 Å². The van der Waals surface area contributed by atoms with E-state index in [1.165, 1.54) is 16.7 Å². The molecule has 152 valence electrons. The summed E-state index contributed by atoms with van der Waals surface area (Å²) < 4.78 is 7.14. The van der Waals surface area contributed by atoms with Crippen molar-refractivity contribution in [2.24, 2.45) is 4.99 Å². The minimum Gasteiger partial charge on any atom is -0.377 e. The second-order valence-electron chi connectivity index (χ2n) is 7.45. The number of ether oxygens (including phenoxy) is 1. The summed E-state index contributed by atoms with van der Waals surface area (Å²) in [7, 11) is 1.67. The number of guanidine groups is 1. The largest absolute Gasteiger partial charge is 0.377 e. The van der Waals surface area contributed by atoms with E-state index in [2.05, 4.69) is 59.7 Å². The van der Waals surface area contributed by atoms with Crippen molar-refractivity contribution in [2.75, 3.05) is 20.2 Å². The van der Waals surface area contributed by atoms with E-state index in [0.29, 0.717) is 12.6 Å². The molecule has 1 atom stereocenters. The van der Waals surface area contributed by atoms with Crippen molar-refractivity contribution < 1.29 is 4.74 Å². The van der Waals surface area contributed by atoms with Crippen LogP contribution in [0.25, 0.3) is 0 Å². The fourth-order valence-electron chi connectivity index (χ4n) is 3.69. The number of aryl methyl sites for hydroxylation is 3. The Bertz CT molecular complexity index is 793. The van der Waals surface area contributed by atoms with Gasteiger partial charge < -0.3 is 15.4 Å². The fraction of sp³-hybridized carbons (Fsp3) is 0.571. The standard InChI is InChI=1S/C21H32N6O/c1-5-22-21(23-9-8-17-11-15(2)10-16(3)12-17)24-18-6-7-20-25-19(14-28-4)26-27(20)13-18/h10-12,18H,5-9,13-14H2,1-4H3,(H2,22,23,24). The van der Waals surface area contributed by atoms with Gasteiger partial charge in [0.2, 0.25) is 0 Å². The van der Waals surface area contributed by atoms with Gasteiger partial charge >= 0.3 is 0 Å². The molecular formula is C21H32N6O. The van der Waals surface area contributed by atoms with Crippen LogP contribution in [0.4, 0.5) is 0 Å². The molecule has 7 heteroatoms. The molecule has 0 radical (unpaired) electrons. The summed E-state index contributed by atoms with van der Waals surface area (Å²) >= 11 is 0.